The van der Waals surface area contributed by atoms with E-state index in [1.54, 1.807) is 7.11 Å². The summed E-state index contributed by atoms with van der Waals surface area (Å²) in [6, 6.07) is 20.0. The highest BCUT2D eigenvalue weighted by Gasteiger charge is 2.20. The SMILES string of the molecule is COc1ccc(-c2nc3cc(C(=O)NCc4cccc(CN)c4)ccn3c2NC2CCCCC2)cc1. The predicted molar refractivity (Wildman–Crippen MR) is 143 cm³/mol. The number of anilines is 1. The summed E-state index contributed by atoms with van der Waals surface area (Å²) >= 11 is 0. The highest BCUT2D eigenvalue weighted by molar-refractivity contribution is 5.95. The second kappa shape index (κ2) is 10.8. The minimum absolute atomic E-state index is 0.133. The van der Waals surface area contributed by atoms with Crippen LogP contribution in [-0.2, 0) is 13.1 Å². The van der Waals surface area contributed by atoms with E-state index in [1.807, 2.05) is 66.9 Å². The fourth-order valence-corrected chi connectivity index (χ4v) is 4.87. The van der Waals surface area contributed by atoms with Crippen LogP contribution in [0.3, 0.4) is 0 Å². The second-order valence-corrected chi connectivity index (χ2v) is 9.37. The predicted octanol–water partition coefficient (Wildman–Crippen LogP) is 5.14. The van der Waals surface area contributed by atoms with Crippen molar-refractivity contribution in [3.05, 3.63) is 83.6 Å². The van der Waals surface area contributed by atoms with Crippen molar-refractivity contribution in [1.29, 1.82) is 0 Å². The van der Waals surface area contributed by atoms with E-state index in [0.29, 0.717) is 24.7 Å². The smallest absolute Gasteiger partial charge is 0.251 e. The van der Waals surface area contributed by atoms with Crippen LogP contribution in [0.25, 0.3) is 16.9 Å². The third kappa shape index (κ3) is 5.21. The summed E-state index contributed by atoms with van der Waals surface area (Å²) in [5.74, 6) is 1.64. The number of ether oxygens (including phenoxy) is 1. The molecule has 1 aliphatic rings. The van der Waals surface area contributed by atoms with Crippen LogP contribution in [0.4, 0.5) is 5.82 Å². The molecule has 2 aromatic carbocycles. The Morgan fingerprint density at radius 1 is 1.06 bits per heavy atom. The Hall–Kier alpha value is -3.84. The summed E-state index contributed by atoms with van der Waals surface area (Å²) in [7, 11) is 1.66. The maximum Gasteiger partial charge on any atom is 0.251 e. The number of imidazole rings is 1. The van der Waals surface area contributed by atoms with Gasteiger partial charge >= 0.3 is 0 Å². The van der Waals surface area contributed by atoms with Gasteiger partial charge in [-0.15, -0.1) is 0 Å². The minimum Gasteiger partial charge on any atom is -0.497 e. The van der Waals surface area contributed by atoms with Gasteiger partial charge in [0.25, 0.3) is 5.91 Å². The Kier molecular flexibility index (Phi) is 7.18. The first-order chi connectivity index (χ1) is 17.6. The normalized spacial score (nSPS) is 14.1. The monoisotopic (exact) mass is 483 g/mol. The third-order valence-electron chi connectivity index (χ3n) is 6.88. The quantitative estimate of drug-likeness (QED) is 0.323. The standard InChI is InChI=1S/C29H33N5O2/c1-36-25-12-10-22(11-13-25)27-28(32-24-8-3-2-4-9-24)34-15-14-23(17-26(34)33-27)29(35)31-19-21-7-5-6-20(16-21)18-30/h5-7,10-17,24,32H,2-4,8-9,18-19,30H2,1H3,(H,31,35). The molecule has 1 amide bonds. The number of amides is 1. The summed E-state index contributed by atoms with van der Waals surface area (Å²) < 4.78 is 7.38. The molecule has 0 unspecified atom stereocenters. The largest absolute Gasteiger partial charge is 0.497 e. The molecule has 1 aliphatic carbocycles. The van der Waals surface area contributed by atoms with Gasteiger partial charge in [-0.05, 0) is 60.4 Å². The highest BCUT2D eigenvalue weighted by atomic mass is 16.5. The van der Waals surface area contributed by atoms with Gasteiger partial charge in [-0.1, -0.05) is 43.5 Å². The van der Waals surface area contributed by atoms with Crippen molar-refractivity contribution in [3.8, 4) is 17.0 Å². The Morgan fingerprint density at radius 3 is 2.58 bits per heavy atom. The number of carbonyl (C=O) groups is 1. The molecule has 36 heavy (non-hydrogen) atoms. The molecule has 2 aromatic heterocycles. The van der Waals surface area contributed by atoms with Gasteiger partial charge in [0.2, 0.25) is 0 Å². The fourth-order valence-electron chi connectivity index (χ4n) is 4.87. The number of hydrogen-bond donors (Lipinski definition) is 3. The fraction of sp³-hybridized carbons (Fsp3) is 0.310. The van der Waals surface area contributed by atoms with E-state index < -0.39 is 0 Å². The lowest BCUT2D eigenvalue weighted by atomic mass is 9.95. The van der Waals surface area contributed by atoms with Gasteiger partial charge in [-0.25, -0.2) is 4.98 Å². The van der Waals surface area contributed by atoms with E-state index in [9.17, 15) is 4.79 Å². The van der Waals surface area contributed by atoms with Crippen molar-refractivity contribution < 1.29 is 9.53 Å². The van der Waals surface area contributed by atoms with Gasteiger partial charge in [0.05, 0.1) is 7.11 Å². The number of rotatable bonds is 8. The molecule has 0 atom stereocenters. The zero-order valence-corrected chi connectivity index (χ0v) is 20.7. The van der Waals surface area contributed by atoms with E-state index in [4.69, 9.17) is 15.5 Å². The van der Waals surface area contributed by atoms with Gasteiger partial charge < -0.3 is 21.1 Å². The van der Waals surface area contributed by atoms with Crippen LogP contribution < -0.4 is 21.1 Å². The van der Waals surface area contributed by atoms with Crippen LogP contribution in [0.15, 0.2) is 66.9 Å². The lowest BCUT2D eigenvalue weighted by Gasteiger charge is -2.24. The van der Waals surface area contributed by atoms with E-state index in [1.165, 1.54) is 19.3 Å². The van der Waals surface area contributed by atoms with Crippen molar-refractivity contribution in [2.45, 2.75) is 51.2 Å². The van der Waals surface area contributed by atoms with E-state index in [2.05, 4.69) is 15.0 Å². The molecular formula is C29H33N5O2. The Bertz CT molecular complexity index is 1340. The molecule has 4 N–H and O–H groups in total. The van der Waals surface area contributed by atoms with Gasteiger partial charge in [0.15, 0.2) is 0 Å². The highest BCUT2D eigenvalue weighted by Crippen LogP contribution is 2.32. The first-order valence-corrected chi connectivity index (χ1v) is 12.6. The van der Waals surface area contributed by atoms with Crippen molar-refractivity contribution in [3.63, 3.8) is 0 Å². The van der Waals surface area contributed by atoms with Crippen LogP contribution in [0, 0.1) is 0 Å². The number of hydrogen-bond acceptors (Lipinski definition) is 5. The van der Waals surface area contributed by atoms with Gasteiger partial charge in [-0.3, -0.25) is 9.20 Å². The number of nitrogens with one attached hydrogen (secondary N) is 2. The molecule has 5 rings (SSSR count). The number of benzene rings is 2. The van der Waals surface area contributed by atoms with Crippen molar-refractivity contribution in [1.82, 2.24) is 14.7 Å². The van der Waals surface area contributed by atoms with Gasteiger partial charge in [0, 0.05) is 36.5 Å². The van der Waals surface area contributed by atoms with E-state index >= 15 is 0 Å². The lowest BCUT2D eigenvalue weighted by molar-refractivity contribution is 0.0951. The molecule has 7 heteroatoms. The number of aromatic nitrogens is 2. The number of fused-ring (bicyclic) bond motifs is 1. The van der Waals surface area contributed by atoms with Crippen molar-refractivity contribution >= 4 is 17.4 Å². The maximum absolute atomic E-state index is 13.0. The molecule has 0 radical (unpaired) electrons. The summed E-state index contributed by atoms with van der Waals surface area (Å²) in [5, 5.41) is 6.78. The molecule has 7 nitrogen and oxygen atoms in total. The molecule has 0 saturated heterocycles. The van der Waals surface area contributed by atoms with Crippen LogP contribution in [0.1, 0.15) is 53.6 Å². The average molecular weight is 484 g/mol. The van der Waals surface area contributed by atoms with Crippen LogP contribution in [0.2, 0.25) is 0 Å². The topological polar surface area (TPSA) is 93.7 Å². The summed E-state index contributed by atoms with van der Waals surface area (Å²) in [4.78, 5) is 17.9. The second-order valence-electron chi connectivity index (χ2n) is 9.37. The molecule has 186 valence electrons. The Balaban J connectivity index is 1.43. The molecule has 0 aliphatic heterocycles. The molecule has 0 bridgehead atoms. The summed E-state index contributed by atoms with van der Waals surface area (Å²) in [6.07, 6.45) is 8.02. The molecule has 1 fully saturated rings. The summed E-state index contributed by atoms with van der Waals surface area (Å²) in [5.41, 5.74) is 11.0. The average Bonchev–Trinajstić information content (AvgIpc) is 3.29. The number of nitrogens with two attached hydrogens (primary N) is 1. The van der Waals surface area contributed by atoms with Gasteiger partial charge in [0.1, 0.15) is 22.9 Å². The molecule has 1 saturated carbocycles. The first-order valence-electron chi connectivity index (χ1n) is 12.6. The Morgan fingerprint density at radius 2 is 1.83 bits per heavy atom. The minimum atomic E-state index is -0.133. The lowest BCUT2D eigenvalue weighted by Crippen LogP contribution is -2.24. The van der Waals surface area contributed by atoms with Crippen LogP contribution in [-0.4, -0.2) is 28.4 Å². The van der Waals surface area contributed by atoms with Gasteiger partial charge in [-0.2, -0.15) is 0 Å². The number of methoxy groups -OCH3 is 1. The van der Waals surface area contributed by atoms with Crippen LogP contribution in [0.5, 0.6) is 5.75 Å². The zero-order chi connectivity index (χ0) is 24.9. The summed E-state index contributed by atoms with van der Waals surface area (Å²) in [6.45, 7) is 0.921. The molecule has 4 aromatic rings. The van der Waals surface area contributed by atoms with E-state index in [0.717, 1.165) is 52.4 Å². The molecule has 2 heterocycles. The molecule has 0 spiro atoms. The zero-order valence-electron chi connectivity index (χ0n) is 20.7. The Labute approximate surface area is 211 Å². The van der Waals surface area contributed by atoms with Crippen LogP contribution >= 0.6 is 0 Å². The third-order valence-corrected chi connectivity index (χ3v) is 6.88. The number of pyridine rings is 1. The van der Waals surface area contributed by atoms with Crippen molar-refractivity contribution in [2.24, 2.45) is 5.73 Å². The maximum atomic E-state index is 13.0. The van der Waals surface area contributed by atoms with Crippen molar-refractivity contribution in [2.75, 3.05) is 12.4 Å². The van der Waals surface area contributed by atoms with E-state index in [-0.39, 0.29) is 5.91 Å². The molecular weight excluding hydrogens is 450 g/mol. The first kappa shape index (κ1) is 23.9. The number of carbonyl (C=O) groups excluding carboxylic acids is 1. The number of nitrogens with zero attached hydrogens (tertiary/aromatic N) is 2.